The number of aliphatic hydroxyl groups is 1. The van der Waals surface area contributed by atoms with Crippen molar-refractivity contribution in [1.29, 1.82) is 0 Å². The molecule has 3 heterocycles. The largest absolute Gasteiger partial charge is 0.503 e. The maximum absolute atomic E-state index is 13.1. The monoisotopic (exact) mass is 475 g/mol. The summed E-state index contributed by atoms with van der Waals surface area (Å²) >= 11 is 3.46. The summed E-state index contributed by atoms with van der Waals surface area (Å²) in [7, 11) is 0. The third-order valence-electron chi connectivity index (χ3n) is 5.59. The number of halogens is 1. The first-order valence-electron chi connectivity index (χ1n) is 10.1. The van der Waals surface area contributed by atoms with Crippen molar-refractivity contribution in [2.75, 3.05) is 39.4 Å². The van der Waals surface area contributed by atoms with E-state index >= 15 is 0 Å². The first kappa shape index (κ1) is 20.8. The van der Waals surface area contributed by atoms with Gasteiger partial charge in [0.2, 0.25) is 5.78 Å². The van der Waals surface area contributed by atoms with Crippen molar-refractivity contribution < 1.29 is 28.7 Å². The summed E-state index contributed by atoms with van der Waals surface area (Å²) < 4.78 is 11.5. The molecule has 4 rings (SSSR count). The van der Waals surface area contributed by atoms with E-state index in [1.807, 2.05) is 24.3 Å². The second-order valence-electron chi connectivity index (χ2n) is 7.49. The van der Waals surface area contributed by atoms with Crippen LogP contribution in [0.5, 0.6) is 0 Å². The Morgan fingerprint density at radius 1 is 1.23 bits per heavy atom. The van der Waals surface area contributed by atoms with E-state index in [4.69, 9.17) is 9.15 Å². The quantitative estimate of drug-likeness (QED) is 0.597. The van der Waals surface area contributed by atoms with Gasteiger partial charge in [0.05, 0.1) is 37.6 Å². The molecular formula is C22H24BrN2O5+. The Balaban J connectivity index is 1.60. The van der Waals surface area contributed by atoms with E-state index in [0.717, 1.165) is 49.3 Å². The van der Waals surface area contributed by atoms with Gasteiger partial charge in [-0.2, -0.15) is 0 Å². The van der Waals surface area contributed by atoms with Crippen molar-refractivity contribution in [3.63, 3.8) is 0 Å². The normalized spacial score (nSPS) is 20.2. The molecule has 1 atom stereocenters. The number of benzene rings is 1. The van der Waals surface area contributed by atoms with Crippen LogP contribution in [0.25, 0.3) is 0 Å². The minimum atomic E-state index is -0.660. The number of furan rings is 1. The fourth-order valence-corrected chi connectivity index (χ4v) is 4.51. The molecule has 0 aliphatic carbocycles. The fraction of sp³-hybridized carbons (Fsp3) is 0.364. The average molecular weight is 476 g/mol. The van der Waals surface area contributed by atoms with Gasteiger partial charge in [-0.05, 0) is 29.8 Å². The number of nitrogens with zero attached hydrogens (tertiary/aromatic N) is 1. The van der Waals surface area contributed by atoms with E-state index in [0.29, 0.717) is 6.54 Å². The number of aliphatic hydroxyl groups excluding tert-OH is 1. The van der Waals surface area contributed by atoms with E-state index in [2.05, 4.69) is 15.9 Å². The van der Waals surface area contributed by atoms with Crippen molar-refractivity contribution in [1.82, 2.24) is 4.90 Å². The summed E-state index contributed by atoms with van der Waals surface area (Å²) in [5.74, 6) is -1.40. The summed E-state index contributed by atoms with van der Waals surface area (Å²) in [6.07, 6.45) is 2.17. The molecular weight excluding hydrogens is 452 g/mol. The molecule has 0 bridgehead atoms. The summed E-state index contributed by atoms with van der Waals surface area (Å²) in [6.45, 7) is 4.76. The molecule has 0 spiro atoms. The molecule has 2 aromatic rings. The third kappa shape index (κ3) is 4.21. The third-order valence-corrected chi connectivity index (χ3v) is 6.08. The topological polar surface area (TPSA) is 84.4 Å². The van der Waals surface area contributed by atoms with E-state index in [-0.39, 0.29) is 11.3 Å². The van der Waals surface area contributed by atoms with Crippen LogP contribution in [0.2, 0.25) is 0 Å². The van der Waals surface area contributed by atoms with Crippen LogP contribution in [-0.4, -0.2) is 61.1 Å². The lowest BCUT2D eigenvalue weighted by atomic mass is 9.95. The number of hydrogen-bond acceptors (Lipinski definition) is 5. The van der Waals surface area contributed by atoms with Crippen molar-refractivity contribution >= 4 is 27.6 Å². The van der Waals surface area contributed by atoms with Gasteiger partial charge in [-0.15, -0.1) is 0 Å². The zero-order chi connectivity index (χ0) is 21.1. The van der Waals surface area contributed by atoms with E-state index in [1.165, 1.54) is 17.2 Å². The van der Waals surface area contributed by atoms with Crippen molar-refractivity contribution in [3.05, 3.63) is 69.8 Å². The molecule has 0 radical (unpaired) electrons. The van der Waals surface area contributed by atoms with Crippen LogP contribution >= 0.6 is 15.9 Å². The number of hydrogen-bond donors (Lipinski definition) is 2. The fourth-order valence-electron chi connectivity index (χ4n) is 4.09. The van der Waals surface area contributed by atoms with Gasteiger partial charge in [-0.25, -0.2) is 0 Å². The molecule has 2 N–H and O–H groups in total. The number of ketones is 1. The smallest absolute Gasteiger partial charge is 0.290 e. The Morgan fingerprint density at radius 3 is 2.73 bits per heavy atom. The molecule has 1 fully saturated rings. The van der Waals surface area contributed by atoms with Crippen molar-refractivity contribution in [2.24, 2.45) is 0 Å². The van der Waals surface area contributed by atoms with Gasteiger partial charge in [-0.1, -0.05) is 28.1 Å². The maximum atomic E-state index is 13.1. The summed E-state index contributed by atoms with van der Waals surface area (Å²) in [4.78, 5) is 29.0. The lowest BCUT2D eigenvalue weighted by molar-refractivity contribution is -0.908. The van der Waals surface area contributed by atoms with Gasteiger partial charge in [0, 0.05) is 17.4 Å². The average Bonchev–Trinajstić information content (AvgIpc) is 3.37. The first-order valence-corrected chi connectivity index (χ1v) is 10.8. The number of ether oxygens (including phenoxy) is 1. The molecule has 0 saturated carbocycles. The summed E-state index contributed by atoms with van der Waals surface area (Å²) in [6, 6.07) is 9.94. The van der Waals surface area contributed by atoms with Crippen LogP contribution in [0.3, 0.4) is 0 Å². The second kappa shape index (κ2) is 9.16. The second-order valence-corrected chi connectivity index (χ2v) is 8.41. The molecule has 8 heteroatoms. The van der Waals surface area contributed by atoms with Gasteiger partial charge < -0.3 is 24.1 Å². The first-order chi connectivity index (χ1) is 14.6. The number of carbonyl (C=O) groups is 2. The van der Waals surface area contributed by atoms with Gasteiger partial charge >= 0.3 is 0 Å². The Bertz CT molecular complexity index is 950. The zero-order valence-corrected chi connectivity index (χ0v) is 18.1. The van der Waals surface area contributed by atoms with Crippen LogP contribution in [0.1, 0.15) is 28.6 Å². The van der Waals surface area contributed by atoms with Gasteiger partial charge in [0.15, 0.2) is 11.5 Å². The van der Waals surface area contributed by atoms with Crippen LogP contribution in [-0.2, 0) is 9.53 Å². The Morgan fingerprint density at radius 2 is 2.03 bits per heavy atom. The Labute approximate surface area is 183 Å². The number of morpholine rings is 1. The van der Waals surface area contributed by atoms with Crippen LogP contribution < -0.4 is 4.90 Å². The van der Waals surface area contributed by atoms with Crippen LogP contribution in [0, 0.1) is 0 Å². The maximum Gasteiger partial charge on any atom is 0.290 e. The van der Waals surface area contributed by atoms with Crippen LogP contribution in [0.4, 0.5) is 0 Å². The molecule has 7 nitrogen and oxygen atoms in total. The predicted octanol–water partition coefficient (Wildman–Crippen LogP) is 1.93. The molecule has 2 aliphatic heterocycles. The zero-order valence-electron chi connectivity index (χ0n) is 16.5. The van der Waals surface area contributed by atoms with Crippen LogP contribution in [0.15, 0.2) is 62.9 Å². The Hall–Kier alpha value is -2.42. The van der Waals surface area contributed by atoms with E-state index in [9.17, 15) is 14.7 Å². The Kier molecular flexibility index (Phi) is 6.36. The molecule has 1 saturated heterocycles. The van der Waals surface area contributed by atoms with E-state index < -0.39 is 23.5 Å². The minimum Gasteiger partial charge on any atom is -0.503 e. The number of rotatable bonds is 7. The van der Waals surface area contributed by atoms with E-state index in [1.54, 1.807) is 11.0 Å². The molecule has 30 heavy (non-hydrogen) atoms. The highest BCUT2D eigenvalue weighted by molar-refractivity contribution is 9.10. The van der Waals surface area contributed by atoms with Gasteiger partial charge in [-0.3, -0.25) is 9.59 Å². The van der Waals surface area contributed by atoms with Gasteiger partial charge in [0.25, 0.3) is 5.91 Å². The minimum absolute atomic E-state index is 0.0618. The van der Waals surface area contributed by atoms with Crippen molar-refractivity contribution in [2.45, 2.75) is 12.5 Å². The summed E-state index contributed by atoms with van der Waals surface area (Å²) in [5, 5.41) is 10.6. The molecule has 1 aromatic heterocycles. The number of carbonyl (C=O) groups excluding carboxylic acids is 2. The van der Waals surface area contributed by atoms with Gasteiger partial charge in [0.1, 0.15) is 13.1 Å². The number of quaternary nitrogens is 1. The lowest BCUT2D eigenvalue weighted by Crippen LogP contribution is -3.14. The molecule has 0 unspecified atom stereocenters. The molecule has 158 valence electrons. The SMILES string of the molecule is O=C(C1=C(O)C(=O)N(CCC[NH+]2CCOCC2)[C@@H]1c1cccc(Br)c1)c1ccco1. The van der Waals surface area contributed by atoms with Crippen molar-refractivity contribution in [3.8, 4) is 0 Å². The number of Topliss-reactive ketones (excluding diaryl/α,β-unsaturated/α-hetero) is 1. The summed E-state index contributed by atoms with van der Waals surface area (Å²) in [5.41, 5.74) is 0.821. The molecule has 1 amide bonds. The lowest BCUT2D eigenvalue weighted by Gasteiger charge is -2.28. The number of amides is 1. The highest BCUT2D eigenvalue weighted by atomic mass is 79.9. The molecule has 2 aliphatic rings. The highest BCUT2D eigenvalue weighted by Gasteiger charge is 2.44. The highest BCUT2D eigenvalue weighted by Crippen LogP contribution is 2.39. The molecule has 1 aromatic carbocycles. The predicted molar refractivity (Wildman–Crippen MR) is 112 cm³/mol. The standard InChI is InChI=1S/C22H23BrN2O5/c23-16-5-1-4-15(14-16)19-18(20(26)17-6-2-11-30-17)21(27)22(28)25(19)8-3-7-24-9-12-29-13-10-24/h1-2,4-6,11,14,19,27H,3,7-10,12-13H2/p+1/t19-/m1/s1. The number of nitrogens with one attached hydrogen (secondary N) is 1.